The molecule has 1 N–H and O–H groups in total. The first-order valence-corrected chi connectivity index (χ1v) is 6.93. The molecule has 1 amide bonds. The number of amides is 1. The number of carbonyl (C=O) groups is 1. The van der Waals surface area contributed by atoms with E-state index in [9.17, 15) is 13.6 Å². The summed E-state index contributed by atoms with van der Waals surface area (Å²) < 4.78 is 31.8. The van der Waals surface area contributed by atoms with Crippen LogP contribution in [0.15, 0.2) is 36.4 Å². The Morgan fingerprint density at radius 1 is 1.23 bits per heavy atom. The van der Waals surface area contributed by atoms with Crippen molar-refractivity contribution in [3.63, 3.8) is 0 Å². The molecule has 2 aromatic rings. The number of hydrogen-bond acceptors (Lipinski definition) is 2. The molecule has 0 fully saturated rings. The average molecular weight is 326 g/mol. The molecule has 6 heteroatoms. The lowest BCUT2D eigenvalue weighted by Gasteiger charge is -2.16. The highest BCUT2D eigenvalue weighted by atomic mass is 35.5. The van der Waals surface area contributed by atoms with Crippen molar-refractivity contribution in [1.82, 2.24) is 0 Å². The van der Waals surface area contributed by atoms with Crippen LogP contribution in [-0.4, -0.2) is 12.0 Å². The SMILES string of the molecule is Cc1ccc(NC(=O)[C@H](C)Oc2ccc(F)cc2Cl)cc1F. The predicted molar refractivity (Wildman–Crippen MR) is 81.3 cm³/mol. The van der Waals surface area contributed by atoms with Crippen LogP contribution in [0.25, 0.3) is 0 Å². The molecular weight excluding hydrogens is 312 g/mol. The first kappa shape index (κ1) is 16.2. The van der Waals surface area contributed by atoms with Crippen LogP contribution in [-0.2, 0) is 4.79 Å². The highest BCUT2D eigenvalue weighted by molar-refractivity contribution is 6.32. The quantitative estimate of drug-likeness (QED) is 0.908. The summed E-state index contributed by atoms with van der Waals surface area (Å²) in [6.07, 6.45) is -0.882. The topological polar surface area (TPSA) is 38.3 Å². The van der Waals surface area contributed by atoms with Gasteiger partial charge in [-0.1, -0.05) is 17.7 Å². The molecule has 3 nitrogen and oxygen atoms in total. The first-order valence-electron chi connectivity index (χ1n) is 6.55. The minimum absolute atomic E-state index is 0.0704. The number of ether oxygens (including phenoxy) is 1. The molecule has 0 aliphatic heterocycles. The maximum atomic E-state index is 13.4. The zero-order chi connectivity index (χ0) is 16.3. The third-order valence-electron chi connectivity index (χ3n) is 3.01. The summed E-state index contributed by atoms with van der Waals surface area (Å²) in [6.45, 7) is 3.14. The molecule has 0 saturated heterocycles. The Morgan fingerprint density at radius 2 is 1.95 bits per heavy atom. The van der Waals surface area contributed by atoms with Gasteiger partial charge in [-0.15, -0.1) is 0 Å². The van der Waals surface area contributed by atoms with Crippen LogP contribution in [0.5, 0.6) is 5.75 Å². The van der Waals surface area contributed by atoms with E-state index in [0.717, 1.165) is 6.07 Å². The van der Waals surface area contributed by atoms with Crippen molar-refractivity contribution >= 4 is 23.2 Å². The second kappa shape index (κ2) is 6.75. The van der Waals surface area contributed by atoms with Gasteiger partial charge in [0, 0.05) is 5.69 Å². The summed E-state index contributed by atoms with van der Waals surface area (Å²) in [5.41, 5.74) is 0.814. The molecule has 0 radical (unpaired) electrons. The van der Waals surface area contributed by atoms with Crippen molar-refractivity contribution in [3.8, 4) is 5.75 Å². The number of benzene rings is 2. The summed E-state index contributed by atoms with van der Waals surface area (Å²) in [4.78, 5) is 12.0. The summed E-state index contributed by atoms with van der Waals surface area (Å²) in [7, 11) is 0. The number of aryl methyl sites for hydroxylation is 1. The number of halogens is 3. The molecule has 0 spiro atoms. The minimum Gasteiger partial charge on any atom is -0.479 e. The Balaban J connectivity index is 2.04. The molecule has 2 aromatic carbocycles. The Labute approximate surface area is 131 Å². The monoisotopic (exact) mass is 325 g/mol. The van der Waals surface area contributed by atoms with E-state index in [0.29, 0.717) is 11.3 Å². The Bertz CT molecular complexity index is 707. The average Bonchev–Trinajstić information content (AvgIpc) is 2.45. The van der Waals surface area contributed by atoms with Crippen LogP contribution in [0, 0.1) is 18.6 Å². The summed E-state index contributed by atoms with van der Waals surface area (Å²) in [6, 6.07) is 8.00. The summed E-state index contributed by atoms with van der Waals surface area (Å²) >= 11 is 5.83. The Hall–Kier alpha value is -2.14. The second-order valence-electron chi connectivity index (χ2n) is 4.79. The molecular formula is C16H14ClF2NO2. The smallest absolute Gasteiger partial charge is 0.265 e. The molecule has 22 heavy (non-hydrogen) atoms. The van der Waals surface area contributed by atoms with E-state index >= 15 is 0 Å². The molecule has 2 rings (SSSR count). The third kappa shape index (κ3) is 3.95. The predicted octanol–water partition coefficient (Wildman–Crippen LogP) is 4.33. The zero-order valence-electron chi connectivity index (χ0n) is 12.0. The van der Waals surface area contributed by atoms with Gasteiger partial charge in [0.15, 0.2) is 6.10 Å². The maximum Gasteiger partial charge on any atom is 0.265 e. The van der Waals surface area contributed by atoms with Gasteiger partial charge in [0.2, 0.25) is 0 Å². The molecule has 0 heterocycles. The molecule has 0 unspecified atom stereocenters. The van der Waals surface area contributed by atoms with Crippen molar-refractivity contribution < 1.29 is 18.3 Å². The molecule has 0 bridgehead atoms. The summed E-state index contributed by atoms with van der Waals surface area (Å²) in [5.74, 6) is -1.18. The number of carbonyl (C=O) groups excluding carboxylic acids is 1. The Kier molecular flexibility index (Phi) is 4.98. The highest BCUT2D eigenvalue weighted by Gasteiger charge is 2.17. The van der Waals surface area contributed by atoms with Gasteiger partial charge in [0.25, 0.3) is 5.91 Å². The normalized spacial score (nSPS) is 11.9. The van der Waals surface area contributed by atoms with Gasteiger partial charge in [0.1, 0.15) is 17.4 Å². The van der Waals surface area contributed by atoms with Crippen molar-refractivity contribution in [2.75, 3.05) is 5.32 Å². The van der Waals surface area contributed by atoms with Crippen molar-refractivity contribution in [2.24, 2.45) is 0 Å². The fourth-order valence-corrected chi connectivity index (χ4v) is 1.94. The van der Waals surface area contributed by atoms with E-state index < -0.39 is 23.6 Å². The molecule has 0 aromatic heterocycles. The van der Waals surface area contributed by atoms with Gasteiger partial charge in [0.05, 0.1) is 5.02 Å². The lowest BCUT2D eigenvalue weighted by molar-refractivity contribution is -0.122. The van der Waals surface area contributed by atoms with Crippen LogP contribution in [0.2, 0.25) is 5.02 Å². The number of nitrogens with one attached hydrogen (secondary N) is 1. The van der Waals surface area contributed by atoms with Gasteiger partial charge >= 0.3 is 0 Å². The van der Waals surface area contributed by atoms with E-state index in [1.54, 1.807) is 19.1 Å². The lowest BCUT2D eigenvalue weighted by Crippen LogP contribution is -2.30. The molecule has 1 atom stereocenters. The van der Waals surface area contributed by atoms with Crippen LogP contribution in [0.1, 0.15) is 12.5 Å². The fourth-order valence-electron chi connectivity index (χ4n) is 1.73. The summed E-state index contributed by atoms with van der Waals surface area (Å²) in [5, 5.41) is 2.61. The van der Waals surface area contributed by atoms with E-state index in [1.165, 1.54) is 25.1 Å². The standard InChI is InChI=1S/C16H14ClF2NO2/c1-9-3-5-12(8-14(9)19)20-16(21)10(2)22-15-6-4-11(18)7-13(15)17/h3-8,10H,1-2H3,(H,20,21)/t10-/m0/s1. The molecule has 0 aliphatic carbocycles. The molecule has 0 aliphatic rings. The Morgan fingerprint density at radius 3 is 2.59 bits per heavy atom. The van der Waals surface area contributed by atoms with Gasteiger partial charge < -0.3 is 10.1 Å². The van der Waals surface area contributed by atoms with Crippen LogP contribution < -0.4 is 10.1 Å². The second-order valence-corrected chi connectivity index (χ2v) is 5.20. The van der Waals surface area contributed by atoms with Crippen molar-refractivity contribution in [1.29, 1.82) is 0 Å². The zero-order valence-corrected chi connectivity index (χ0v) is 12.7. The maximum absolute atomic E-state index is 13.4. The molecule has 0 saturated carbocycles. The minimum atomic E-state index is -0.882. The van der Waals surface area contributed by atoms with E-state index in [-0.39, 0.29) is 10.8 Å². The van der Waals surface area contributed by atoms with Crippen molar-refractivity contribution in [3.05, 3.63) is 58.6 Å². The van der Waals surface area contributed by atoms with Crippen LogP contribution in [0.4, 0.5) is 14.5 Å². The highest BCUT2D eigenvalue weighted by Crippen LogP contribution is 2.26. The largest absolute Gasteiger partial charge is 0.479 e. The number of anilines is 1. The third-order valence-corrected chi connectivity index (χ3v) is 3.30. The van der Waals surface area contributed by atoms with Gasteiger partial charge in [-0.3, -0.25) is 4.79 Å². The van der Waals surface area contributed by atoms with Crippen molar-refractivity contribution in [2.45, 2.75) is 20.0 Å². The van der Waals surface area contributed by atoms with E-state index in [1.807, 2.05) is 0 Å². The fraction of sp³-hybridized carbons (Fsp3) is 0.188. The van der Waals surface area contributed by atoms with Gasteiger partial charge in [-0.05, 0) is 49.7 Å². The number of rotatable bonds is 4. The van der Waals surface area contributed by atoms with Crippen LogP contribution in [0.3, 0.4) is 0 Å². The van der Waals surface area contributed by atoms with Crippen LogP contribution >= 0.6 is 11.6 Å². The van der Waals surface area contributed by atoms with Gasteiger partial charge in [-0.25, -0.2) is 8.78 Å². The van der Waals surface area contributed by atoms with E-state index in [4.69, 9.17) is 16.3 Å². The first-order chi connectivity index (χ1) is 10.4. The van der Waals surface area contributed by atoms with Gasteiger partial charge in [-0.2, -0.15) is 0 Å². The lowest BCUT2D eigenvalue weighted by atomic mass is 10.2. The molecule has 116 valence electrons. The number of hydrogen-bond donors (Lipinski definition) is 1. The van der Waals surface area contributed by atoms with E-state index in [2.05, 4.69) is 5.32 Å².